The highest BCUT2D eigenvalue weighted by molar-refractivity contribution is 5.98. The fourth-order valence-corrected chi connectivity index (χ4v) is 2.59. The minimum absolute atomic E-state index is 0.0340. The van der Waals surface area contributed by atoms with Gasteiger partial charge < -0.3 is 15.5 Å². The van der Waals surface area contributed by atoms with Gasteiger partial charge >= 0.3 is 0 Å². The summed E-state index contributed by atoms with van der Waals surface area (Å²) in [6.45, 7) is 3.05. The lowest BCUT2D eigenvalue weighted by atomic mass is 10.2. The molecule has 0 saturated carbocycles. The largest absolute Gasteiger partial charge is 0.383 e. The molecule has 0 atom stereocenters. The van der Waals surface area contributed by atoms with Crippen molar-refractivity contribution in [2.24, 2.45) is 7.05 Å². The molecule has 0 radical (unpaired) electrons. The van der Waals surface area contributed by atoms with E-state index in [-0.39, 0.29) is 5.91 Å². The van der Waals surface area contributed by atoms with E-state index in [1.165, 1.54) is 10.4 Å². The predicted octanol–water partition coefficient (Wildman–Crippen LogP) is 0.965. The van der Waals surface area contributed by atoms with Crippen molar-refractivity contribution in [2.45, 2.75) is 0 Å². The average molecular weight is 285 g/mol. The number of nitrogen functional groups attached to an aromatic ring is 1. The minimum atomic E-state index is -0.0340. The molecule has 0 unspecified atom stereocenters. The molecule has 0 spiro atoms. The standard InChI is InChI=1S/C15H19N5O/c1-18-14(16)13(11-17-18)15(21)20-9-7-19(8-10-20)12-5-3-2-4-6-12/h2-6,11H,7-10,16H2,1H3. The minimum Gasteiger partial charge on any atom is -0.383 e. The molecular weight excluding hydrogens is 266 g/mol. The van der Waals surface area contributed by atoms with Crippen molar-refractivity contribution in [3.05, 3.63) is 42.1 Å². The van der Waals surface area contributed by atoms with Crippen molar-refractivity contribution >= 4 is 17.4 Å². The summed E-state index contributed by atoms with van der Waals surface area (Å²) < 4.78 is 1.52. The molecule has 2 N–H and O–H groups in total. The lowest BCUT2D eigenvalue weighted by Gasteiger charge is -2.36. The number of nitrogens with zero attached hydrogens (tertiary/aromatic N) is 4. The molecule has 21 heavy (non-hydrogen) atoms. The van der Waals surface area contributed by atoms with Crippen molar-refractivity contribution in [1.29, 1.82) is 0 Å². The lowest BCUT2D eigenvalue weighted by molar-refractivity contribution is 0.0748. The quantitative estimate of drug-likeness (QED) is 0.892. The van der Waals surface area contributed by atoms with Gasteiger partial charge in [0.2, 0.25) is 0 Å². The van der Waals surface area contributed by atoms with Gasteiger partial charge in [0.05, 0.1) is 6.20 Å². The van der Waals surface area contributed by atoms with Crippen LogP contribution in [-0.2, 0) is 7.05 Å². The number of hydrogen-bond donors (Lipinski definition) is 1. The van der Waals surface area contributed by atoms with Crippen molar-refractivity contribution in [2.75, 3.05) is 36.8 Å². The molecule has 1 saturated heterocycles. The fraction of sp³-hybridized carbons (Fsp3) is 0.333. The van der Waals surface area contributed by atoms with E-state index in [1.54, 1.807) is 13.2 Å². The van der Waals surface area contributed by atoms with Crippen molar-refractivity contribution < 1.29 is 4.79 Å². The second-order valence-corrected chi connectivity index (χ2v) is 5.18. The molecule has 3 rings (SSSR count). The van der Waals surface area contributed by atoms with Crippen LogP contribution in [0.2, 0.25) is 0 Å². The third kappa shape index (κ3) is 2.56. The molecule has 1 aromatic heterocycles. The summed E-state index contributed by atoms with van der Waals surface area (Å²) in [7, 11) is 1.74. The van der Waals surface area contributed by atoms with Crippen LogP contribution < -0.4 is 10.6 Å². The number of aromatic nitrogens is 2. The van der Waals surface area contributed by atoms with Gasteiger partial charge in [-0.2, -0.15) is 5.10 Å². The number of para-hydroxylation sites is 1. The van der Waals surface area contributed by atoms with E-state index in [4.69, 9.17) is 5.73 Å². The van der Waals surface area contributed by atoms with Gasteiger partial charge in [0.1, 0.15) is 11.4 Å². The maximum Gasteiger partial charge on any atom is 0.259 e. The van der Waals surface area contributed by atoms with Gasteiger partial charge in [-0.15, -0.1) is 0 Å². The molecule has 6 nitrogen and oxygen atoms in total. The monoisotopic (exact) mass is 285 g/mol. The fourth-order valence-electron chi connectivity index (χ4n) is 2.59. The van der Waals surface area contributed by atoms with E-state index in [0.29, 0.717) is 24.5 Å². The first kappa shape index (κ1) is 13.5. The zero-order valence-corrected chi connectivity index (χ0v) is 12.1. The maximum absolute atomic E-state index is 12.5. The van der Waals surface area contributed by atoms with Crippen LogP contribution in [0.1, 0.15) is 10.4 Å². The number of carbonyl (C=O) groups excluding carboxylic acids is 1. The van der Waals surface area contributed by atoms with Crippen molar-refractivity contribution in [3.63, 3.8) is 0 Å². The second-order valence-electron chi connectivity index (χ2n) is 5.18. The van der Waals surface area contributed by atoms with Crippen LogP contribution in [0.15, 0.2) is 36.5 Å². The summed E-state index contributed by atoms with van der Waals surface area (Å²) in [5, 5.41) is 4.03. The van der Waals surface area contributed by atoms with Crippen LogP contribution in [0.3, 0.4) is 0 Å². The number of aryl methyl sites for hydroxylation is 1. The highest BCUT2D eigenvalue weighted by Gasteiger charge is 2.24. The molecule has 1 aromatic carbocycles. The normalized spacial score (nSPS) is 15.3. The molecule has 1 fully saturated rings. The number of amides is 1. The van der Waals surface area contributed by atoms with Gasteiger partial charge in [-0.3, -0.25) is 9.48 Å². The number of piperazine rings is 1. The number of hydrogen-bond acceptors (Lipinski definition) is 4. The Kier molecular flexibility index (Phi) is 3.51. The van der Waals surface area contributed by atoms with Crippen molar-refractivity contribution in [1.82, 2.24) is 14.7 Å². The molecule has 110 valence electrons. The Balaban J connectivity index is 1.66. The third-order valence-corrected chi connectivity index (χ3v) is 3.90. The summed E-state index contributed by atoms with van der Waals surface area (Å²) in [6.07, 6.45) is 1.54. The SMILES string of the molecule is Cn1ncc(C(=O)N2CCN(c3ccccc3)CC2)c1N. The van der Waals surface area contributed by atoms with Gasteiger partial charge in [0.25, 0.3) is 5.91 Å². The smallest absolute Gasteiger partial charge is 0.259 e. The first-order valence-electron chi connectivity index (χ1n) is 7.03. The first-order valence-corrected chi connectivity index (χ1v) is 7.03. The molecule has 0 bridgehead atoms. The van der Waals surface area contributed by atoms with Gasteiger partial charge in [0, 0.05) is 38.9 Å². The summed E-state index contributed by atoms with van der Waals surface area (Å²) in [5.41, 5.74) is 7.56. The van der Waals surface area contributed by atoms with E-state index >= 15 is 0 Å². The Labute approximate surface area is 123 Å². The van der Waals surface area contributed by atoms with Crippen molar-refractivity contribution in [3.8, 4) is 0 Å². The second kappa shape index (κ2) is 5.47. The summed E-state index contributed by atoms with van der Waals surface area (Å²) in [6, 6.07) is 10.3. The van der Waals surface area contributed by atoms with Gasteiger partial charge in [0.15, 0.2) is 0 Å². The Bertz CT molecular complexity index is 629. The third-order valence-electron chi connectivity index (χ3n) is 3.90. The molecule has 1 amide bonds. The number of nitrogens with two attached hydrogens (primary N) is 1. The highest BCUT2D eigenvalue weighted by atomic mass is 16.2. The van der Waals surface area contributed by atoms with Gasteiger partial charge in [-0.05, 0) is 12.1 Å². The molecule has 1 aliphatic rings. The van der Waals surface area contributed by atoms with E-state index in [1.807, 2.05) is 23.1 Å². The maximum atomic E-state index is 12.5. The Morgan fingerprint density at radius 2 is 1.81 bits per heavy atom. The topological polar surface area (TPSA) is 67.4 Å². The summed E-state index contributed by atoms with van der Waals surface area (Å²) in [5.74, 6) is 0.388. The average Bonchev–Trinajstić information content (AvgIpc) is 2.87. The van der Waals surface area contributed by atoms with Gasteiger partial charge in [-0.25, -0.2) is 0 Å². The zero-order valence-electron chi connectivity index (χ0n) is 12.1. The summed E-state index contributed by atoms with van der Waals surface area (Å²) in [4.78, 5) is 16.6. The molecule has 1 aliphatic heterocycles. The van der Waals surface area contributed by atoms with Gasteiger partial charge in [-0.1, -0.05) is 18.2 Å². The van der Waals surface area contributed by atoms with Crippen LogP contribution in [0.5, 0.6) is 0 Å². The van der Waals surface area contributed by atoms with E-state index in [9.17, 15) is 4.79 Å². The van der Waals surface area contributed by atoms with E-state index in [0.717, 1.165) is 13.1 Å². The highest BCUT2D eigenvalue weighted by Crippen LogP contribution is 2.18. The molecule has 2 aromatic rings. The van der Waals surface area contributed by atoms with E-state index < -0.39 is 0 Å². The Hall–Kier alpha value is -2.50. The number of rotatable bonds is 2. The van der Waals surface area contributed by atoms with E-state index in [2.05, 4.69) is 22.1 Å². The Morgan fingerprint density at radius 1 is 1.14 bits per heavy atom. The molecular formula is C15H19N5O. The molecule has 0 aliphatic carbocycles. The lowest BCUT2D eigenvalue weighted by Crippen LogP contribution is -2.48. The predicted molar refractivity (Wildman–Crippen MR) is 82.2 cm³/mol. The number of benzene rings is 1. The van der Waals surface area contributed by atoms with Crippen LogP contribution >= 0.6 is 0 Å². The number of anilines is 2. The van der Waals surface area contributed by atoms with Crippen LogP contribution in [0.25, 0.3) is 0 Å². The van der Waals surface area contributed by atoms with Crippen LogP contribution in [0, 0.1) is 0 Å². The molecule has 6 heteroatoms. The summed E-state index contributed by atoms with van der Waals surface area (Å²) >= 11 is 0. The first-order chi connectivity index (χ1) is 10.2. The molecule has 2 heterocycles. The van der Waals surface area contributed by atoms with Crippen LogP contribution in [0.4, 0.5) is 11.5 Å². The number of carbonyl (C=O) groups is 1. The van der Waals surface area contributed by atoms with Crippen LogP contribution in [-0.4, -0.2) is 46.8 Å². The zero-order chi connectivity index (χ0) is 14.8. The Morgan fingerprint density at radius 3 is 2.38 bits per heavy atom.